The summed E-state index contributed by atoms with van der Waals surface area (Å²) in [4.78, 5) is 17.0. The van der Waals surface area contributed by atoms with E-state index in [0.717, 1.165) is 23.9 Å². The summed E-state index contributed by atoms with van der Waals surface area (Å²) in [7, 11) is 0. The van der Waals surface area contributed by atoms with Gasteiger partial charge in [0.2, 0.25) is 5.96 Å². The van der Waals surface area contributed by atoms with Crippen molar-refractivity contribution in [3.8, 4) is 0 Å². The summed E-state index contributed by atoms with van der Waals surface area (Å²) in [5.41, 5.74) is 2.26. The first kappa shape index (κ1) is 18.6. The topological polar surface area (TPSA) is 84.2 Å². The van der Waals surface area contributed by atoms with Gasteiger partial charge in [0.05, 0.1) is 5.52 Å². The van der Waals surface area contributed by atoms with Gasteiger partial charge in [-0.15, -0.1) is 5.10 Å². The number of nitrogens with zero attached hydrogens (tertiary/aromatic N) is 4. The second-order valence-corrected chi connectivity index (χ2v) is 6.20. The first-order valence-electron chi connectivity index (χ1n) is 9.26. The zero-order chi connectivity index (χ0) is 18.9. The predicted octanol–water partition coefficient (Wildman–Crippen LogP) is 4.04. The van der Waals surface area contributed by atoms with E-state index in [1.165, 1.54) is 12.8 Å². The number of amides is 2. The van der Waals surface area contributed by atoms with Crippen LogP contribution in [0.4, 0.5) is 10.5 Å². The van der Waals surface area contributed by atoms with E-state index in [9.17, 15) is 4.79 Å². The van der Waals surface area contributed by atoms with E-state index in [1.54, 1.807) is 4.68 Å². The van der Waals surface area contributed by atoms with Gasteiger partial charge in [-0.1, -0.05) is 61.7 Å². The van der Waals surface area contributed by atoms with Crippen molar-refractivity contribution in [1.29, 1.82) is 0 Å². The molecule has 7 nitrogen and oxygen atoms in total. The molecule has 3 rings (SSSR count). The fourth-order valence-electron chi connectivity index (χ4n) is 2.69. The maximum Gasteiger partial charge on any atom is 0.326 e. The number of anilines is 1. The number of nitrogens with one attached hydrogen (secondary N) is 2. The van der Waals surface area contributed by atoms with Crippen LogP contribution < -0.4 is 10.6 Å². The first-order chi connectivity index (χ1) is 13.3. The highest BCUT2D eigenvalue weighted by atomic mass is 16.2. The molecule has 140 valence electrons. The van der Waals surface area contributed by atoms with Crippen molar-refractivity contribution < 1.29 is 4.79 Å². The second-order valence-electron chi connectivity index (χ2n) is 6.20. The number of urea groups is 1. The minimum absolute atomic E-state index is 0.368. The Balaban J connectivity index is 1.77. The van der Waals surface area contributed by atoms with Gasteiger partial charge in [0.25, 0.3) is 0 Å². The van der Waals surface area contributed by atoms with E-state index in [1.807, 2.05) is 54.6 Å². The lowest BCUT2D eigenvalue weighted by Gasteiger charge is -2.11. The maximum atomic E-state index is 12.4. The van der Waals surface area contributed by atoms with Crippen LogP contribution in [0.1, 0.15) is 32.6 Å². The molecule has 0 radical (unpaired) electrons. The molecule has 0 atom stereocenters. The lowest BCUT2D eigenvalue weighted by molar-refractivity contribution is 0.256. The smallest absolute Gasteiger partial charge is 0.308 e. The van der Waals surface area contributed by atoms with Crippen LogP contribution >= 0.6 is 0 Å². The number of rotatable bonds is 6. The fourth-order valence-corrected chi connectivity index (χ4v) is 2.69. The highest BCUT2D eigenvalue weighted by Gasteiger charge is 2.13. The number of benzene rings is 2. The number of para-hydroxylation sites is 2. The van der Waals surface area contributed by atoms with E-state index < -0.39 is 0 Å². The number of fused-ring (bicyclic) bond motifs is 1. The highest BCUT2D eigenvalue weighted by Crippen LogP contribution is 2.10. The van der Waals surface area contributed by atoms with Gasteiger partial charge in [-0.3, -0.25) is 10.3 Å². The highest BCUT2D eigenvalue weighted by molar-refractivity contribution is 6.04. The second kappa shape index (κ2) is 9.47. The average molecular weight is 364 g/mol. The number of hydrogen-bond acceptors (Lipinski definition) is 4. The zero-order valence-electron chi connectivity index (χ0n) is 15.4. The Labute approximate surface area is 158 Å². The standard InChI is InChI=1S/C20H24N6O/c1-2-3-4-10-15-21-19(23-20(27)22-16-11-6-5-7-12-16)26-18-14-9-8-13-17(18)24-25-26/h5-9,11-14H,2-4,10,15H2,1H3,(H2,21,22,23,27). The first-order valence-corrected chi connectivity index (χ1v) is 9.26. The lowest BCUT2D eigenvalue weighted by atomic mass is 10.2. The van der Waals surface area contributed by atoms with Gasteiger partial charge in [-0.2, -0.15) is 4.68 Å². The fraction of sp³-hybridized carbons (Fsp3) is 0.300. The molecule has 2 amide bonds. The quantitative estimate of drug-likeness (QED) is 0.393. The van der Waals surface area contributed by atoms with Crippen molar-refractivity contribution >= 4 is 28.7 Å². The summed E-state index contributed by atoms with van der Waals surface area (Å²) in [6.45, 7) is 2.79. The van der Waals surface area contributed by atoms with Crippen LogP contribution in [-0.2, 0) is 0 Å². The monoisotopic (exact) mass is 364 g/mol. The van der Waals surface area contributed by atoms with Crippen LogP contribution in [-0.4, -0.2) is 33.5 Å². The van der Waals surface area contributed by atoms with Gasteiger partial charge < -0.3 is 5.32 Å². The van der Waals surface area contributed by atoms with Crippen molar-refractivity contribution in [3.05, 3.63) is 54.6 Å². The van der Waals surface area contributed by atoms with Crippen LogP contribution in [0.15, 0.2) is 59.6 Å². The summed E-state index contributed by atoms with van der Waals surface area (Å²) in [6, 6.07) is 16.5. The molecule has 27 heavy (non-hydrogen) atoms. The Morgan fingerprint density at radius 2 is 1.81 bits per heavy atom. The number of hydrogen-bond donors (Lipinski definition) is 2. The molecular formula is C20H24N6O. The molecule has 0 fully saturated rings. The molecule has 7 heteroatoms. The van der Waals surface area contributed by atoms with Gasteiger partial charge in [-0.05, 0) is 30.7 Å². The minimum Gasteiger partial charge on any atom is -0.308 e. The Kier molecular flexibility index (Phi) is 6.51. The molecule has 0 saturated heterocycles. The third-order valence-corrected chi connectivity index (χ3v) is 4.08. The van der Waals surface area contributed by atoms with E-state index in [2.05, 4.69) is 32.9 Å². The average Bonchev–Trinajstić information content (AvgIpc) is 3.12. The third-order valence-electron chi connectivity index (χ3n) is 4.08. The van der Waals surface area contributed by atoms with Crippen molar-refractivity contribution in [2.24, 2.45) is 4.99 Å². The molecule has 2 N–H and O–H groups in total. The predicted molar refractivity (Wildman–Crippen MR) is 108 cm³/mol. The normalized spacial score (nSPS) is 11.5. The van der Waals surface area contributed by atoms with Gasteiger partial charge in [-0.25, -0.2) is 4.79 Å². The molecule has 2 aromatic carbocycles. The van der Waals surface area contributed by atoms with E-state index in [-0.39, 0.29) is 6.03 Å². The molecule has 0 unspecified atom stereocenters. The summed E-state index contributed by atoms with van der Waals surface area (Å²) < 4.78 is 1.57. The molecule has 0 spiro atoms. The molecule has 0 aliphatic carbocycles. The molecule has 1 heterocycles. The van der Waals surface area contributed by atoms with Gasteiger partial charge in [0, 0.05) is 12.2 Å². The van der Waals surface area contributed by atoms with Crippen molar-refractivity contribution in [2.45, 2.75) is 32.6 Å². The van der Waals surface area contributed by atoms with Crippen LogP contribution in [0.25, 0.3) is 11.0 Å². The summed E-state index contributed by atoms with van der Waals surface area (Å²) in [6.07, 6.45) is 4.43. The minimum atomic E-state index is -0.368. The van der Waals surface area contributed by atoms with Crippen molar-refractivity contribution in [2.75, 3.05) is 11.9 Å². The van der Waals surface area contributed by atoms with Crippen LogP contribution in [0.3, 0.4) is 0 Å². The van der Waals surface area contributed by atoms with Crippen molar-refractivity contribution in [3.63, 3.8) is 0 Å². The number of aromatic nitrogens is 3. The van der Waals surface area contributed by atoms with Crippen LogP contribution in [0.5, 0.6) is 0 Å². The summed E-state index contributed by atoms with van der Waals surface area (Å²) in [5.74, 6) is 0.369. The van der Waals surface area contributed by atoms with Crippen LogP contribution in [0, 0.1) is 0 Å². The van der Waals surface area contributed by atoms with E-state index >= 15 is 0 Å². The Morgan fingerprint density at radius 1 is 1.04 bits per heavy atom. The summed E-state index contributed by atoms with van der Waals surface area (Å²) >= 11 is 0. The Morgan fingerprint density at radius 3 is 2.63 bits per heavy atom. The summed E-state index contributed by atoms with van der Waals surface area (Å²) in [5, 5.41) is 13.9. The molecule has 0 aliphatic heterocycles. The zero-order valence-corrected chi connectivity index (χ0v) is 15.4. The Bertz CT molecular complexity index is 903. The van der Waals surface area contributed by atoms with Crippen molar-refractivity contribution in [1.82, 2.24) is 20.3 Å². The number of carbonyl (C=O) groups is 1. The number of aliphatic imine (C=N–C) groups is 1. The van der Waals surface area contributed by atoms with Crippen LogP contribution in [0.2, 0.25) is 0 Å². The van der Waals surface area contributed by atoms with Gasteiger partial charge in [0.15, 0.2) is 0 Å². The van der Waals surface area contributed by atoms with E-state index in [0.29, 0.717) is 18.2 Å². The molecule has 1 aromatic heterocycles. The lowest BCUT2D eigenvalue weighted by Crippen LogP contribution is -2.39. The Hall–Kier alpha value is -3.22. The SMILES string of the molecule is CCCCCCN=C(NC(=O)Nc1ccccc1)n1nnc2ccccc21. The maximum absolute atomic E-state index is 12.4. The van der Waals surface area contributed by atoms with Gasteiger partial charge in [0.1, 0.15) is 5.52 Å². The molecule has 0 bridgehead atoms. The molecular weight excluding hydrogens is 340 g/mol. The number of unbranched alkanes of at least 4 members (excludes halogenated alkanes) is 3. The number of carbonyl (C=O) groups excluding carboxylic acids is 1. The molecule has 0 aliphatic rings. The largest absolute Gasteiger partial charge is 0.326 e. The molecule has 0 saturated carbocycles. The van der Waals surface area contributed by atoms with E-state index in [4.69, 9.17) is 0 Å². The third kappa shape index (κ3) is 5.13. The molecule has 3 aromatic rings. The van der Waals surface area contributed by atoms with Gasteiger partial charge >= 0.3 is 6.03 Å².